The molecule has 112 valence electrons. The molecule has 1 unspecified atom stereocenters. The van der Waals surface area contributed by atoms with Crippen LogP contribution in [0.4, 0.5) is 8.78 Å². The van der Waals surface area contributed by atoms with Gasteiger partial charge in [0.2, 0.25) is 10.0 Å². The number of hydrogen-bond donors (Lipinski definition) is 2. The van der Waals surface area contributed by atoms with Gasteiger partial charge in [0.1, 0.15) is 10.7 Å². The summed E-state index contributed by atoms with van der Waals surface area (Å²) in [6.07, 6.45) is 0. The van der Waals surface area contributed by atoms with E-state index in [0.717, 1.165) is 0 Å². The average Bonchev–Trinajstić information content (AvgIpc) is 2.30. The third-order valence-electron chi connectivity index (χ3n) is 2.35. The number of sulfonamides is 1. The van der Waals surface area contributed by atoms with Crippen LogP contribution < -0.4 is 10.5 Å². The smallest absolute Gasteiger partial charge is 0.254 e. The van der Waals surface area contributed by atoms with Crippen LogP contribution in [0.15, 0.2) is 17.0 Å². The number of rotatable bonds is 5. The number of nitrogens with one attached hydrogen (secondary N) is 1. The van der Waals surface area contributed by atoms with Gasteiger partial charge in [0.05, 0.1) is 12.2 Å². The zero-order valence-corrected chi connectivity index (χ0v) is 11.6. The first-order valence-electron chi connectivity index (χ1n) is 5.48. The Balaban J connectivity index is 3.19. The SMILES string of the molecule is COCC(C)NC(=O)c1cc(F)cc(S(N)(=O)=O)c1F. The number of hydrogen-bond acceptors (Lipinski definition) is 4. The Kier molecular flexibility index (Phi) is 5.15. The summed E-state index contributed by atoms with van der Waals surface area (Å²) < 4.78 is 54.2. The standard InChI is InChI=1S/C11H14F2N2O4S/c1-6(5-19-2)15-11(16)8-3-7(12)4-9(10(8)13)20(14,17)18/h3-4,6H,5H2,1-2H3,(H,15,16)(H2,14,17,18). The number of amides is 1. The predicted octanol–water partition coefficient (Wildman–Crippen LogP) is 0.377. The number of carbonyl (C=O) groups is 1. The van der Waals surface area contributed by atoms with Crippen molar-refractivity contribution in [2.45, 2.75) is 17.9 Å². The minimum Gasteiger partial charge on any atom is -0.383 e. The highest BCUT2D eigenvalue weighted by Gasteiger charge is 2.23. The van der Waals surface area contributed by atoms with Gasteiger partial charge in [-0.3, -0.25) is 4.79 Å². The second kappa shape index (κ2) is 6.25. The molecule has 0 saturated heterocycles. The van der Waals surface area contributed by atoms with Gasteiger partial charge in [0.15, 0.2) is 5.82 Å². The highest BCUT2D eigenvalue weighted by Crippen LogP contribution is 2.19. The molecule has 0 saturated carbocycles. The van der Waals surface area contributed by atoms with Gasteiger partial charge in [0, 0.05) is 13.2 Å². The van der Waals surface area contributed by atoms with Crippen molar-refractivity contribution < 1.29 is 26.7 Å². The molecule has 0 radical (unpaired) electrons. The van der Waals surface area contributed by atoms with Gasteiger partial charge in [0.25, 0.3) is 5.91 Å². The van der Waals surface area contributed by atoms with Crippen molar-refractivity contribution >= 4 is 15.9 Å². The molecule has 1 rings (SSSR count). The molecule has 0 bridgehead atoms. The second-order valence-electron chi connectivity index (χ2n) is 4.14. The summed E-state index contributed by atoms with van der Waals surface area (Å²) in [6, 6.07) is 0.548. The van der Waals surface area contributed by atoms with Crippen LogP contribution >= 0.6 is 0 Å². The fraction of sp³-hybridized carbons (Fsp3) is 0.364. The maximum absolute atomic E-state index is 13.9. The minimum absolute atomic E-state index is 0.157. The average molecular weight is 308 g/mol. The summed E-state index contributed by atoms with van der Waals surface area (Å²) in [4.78, 5) is 10.7. The van der Waals surface area contributed by atoms with Crippen LogP contribution in [0.5, 0.6) is 0 Å². The van der Waals surface area contributed by atoms with Crippen molar-refractivity contribution in [3.8, 4) is 0 Å². The van der Waals surface area contributed by atoms with Crippen LogP contribution in [-0.2, 0) is 14.8 Å². The Morgan fingerprint density at radius 2 is 2.05 bits per heavy atom. The molecular formula is C11H14F2N2O4S. The summed E-state index contributed by atoms with van der Waals surface area (Å²) in [5, 5.41) is 7.10. The Hall–Kier alpha value is -1.58. The molecule has 20 heavy (non-hydrogen) atoms. The van der Waals surface area contributed by atoms with E-state index < -0.39 is 44.1 Å². The van der Waals surface area contributed by atoms with Gasteiger partial charge < -0.3 is 10.1 Å². The van der Waals surface area contributed by atoms with Gasteiger partial charge in [-0.15, -0.1) is 0 Å². The Morgan fingerprint density at radius 3 is 2.55 bits per heavy atom. The van der Waals surface area contributed by atoms with Crippen LogP contribution in [-0.4, -0.2) is 34.1 Å². The van der Waals surface area contributed by atoms with Crippen molar-refractivity contribution in [1.29, 1.82) is 0 Å². The van der Waals surface area contributed by atoms with E-state index in [-0.39, 0.29) is 6.61 Å². The zero-order valence-electron chi connectivity index (χ0n) is 10.8. The quantitative estimate of drug-likeness (QED) is 0.821. The fourth-order valence-corrected chi connectivity index (χ4v) is 2.17. The molecule has 1 aromatic carbocycles. The molecular weight excluding hydrogens is 294 g/mol. The van der Waals surface area contributed by atoms with Gasteiger partial charge >= 0.3 is 0 Å². The summed E-state index contributed by atoms with van der Waals surface area (Å²) >= 11 is 0. The summed E-state index contributed by atoms with van der Waals surface area (Å²) in [7, 11) is -3.06. The molecule has 9 heteroatoms. The van der Waals surface area contributed by atoms with E-state index in [4.69, 9.17) is 9.88 Å². The molecule has 0 aliphatic rings. The number of carbonyl (C=O) groups excluding carboxylic acids is 1. The van der Waals surface area contributed by atoms with Crippen LogP contribution in [0.25, 0.3) is 0 Å². The monoisotopic (exact) mass is 308 g/mol. The molecule has 0 fully saturated rings. The third-order valence-corrected chi connectivity index (χ3v) is 3.26. The Bertz CT molecular complexity index is 619. The van der Waals surface area contributed by atoms with E-state index >= 15 is 0 Å². The van der Waals surface area contributed by atoms with Crippen molar-refractivity contribution in [3.63, 3.8) is 0 Å². The van der Waals surface area contributed by atoms with Gasteiger partial charge in [-0.1, -0.05) is 0 Å². The topological polar surface area (TPSA) is 98.5 Å². The van der Waals surface area contributed by atoms with E-state index in [1.165, 1.54) is 7.11 Å². The van der Waals surface area contributed by atoms with E-state index in [0.29, 0.717) is 12.1 Å². The lowest BCUT2D eigenvalue weighted by Gasteiger charge is -2.14. The lowest BCUT2D eigenvalue weighted by atomic mass is 10.2. The molecule has 0 heterocycles. The number of primary sulfonamides is 1. The summed E-state index contributed by atoms with van der Waals surface area (Å²) in [5.41, 5.74) is -0.739. The molecule has 0 aliphatic heterocycles. The van der Waals surface area contributed by atoms with Crippen LogP contribution in [0, 0.1) is 11.6 Å². The molecule has 1 atom stereocenters. The Labute approximate surface area is 115 Å². The van der Waals surface area contributed by atoms with E-state index in [9.17, 15) is 22.0 Å². The van der Waals surface area contributed by atoms with E-state index in [1.54, 1.807) is 6.92 Å². The first-order chi connectivity index (χ1) is 9.16. The molecule has 1 aromatic rings. The van der Waals surface area contributed by atoms with Gasteiger partial charge in [-0.2, -0.15) is 0 Å². The molecule has 0 aromatic heterocycles. The van der Waals surface area contributed by atoms with Crippen molar-refractivity contribution in [2.24, 2.45) is 5.14 Å². The first-order valence-corrected chi connectivity index (χ1v) is 7.03. The van der Waals surface area contributed by atoms with E-state index in [1.807, 2.05) is 0 Å². The molecule has 6 nitrogen and oxygen atoms in total. The number of halogens is 2. The molecule has 0 spiro atoms. The van der Waals surface area contributed by atoms with Crippen LogP contribution in [0.2, 0.25) is 0 Å². The van der Waals surface area contributed by atoms with Crippen molar-refractivity contribution in [3.05, 3.63) is 29.3 Å². The largest absolute Gasteiger partial charge is 0.383 e. The highest BCUT2D eigenvalue weighted by atomic mass is 32.2. The number of nitrogens with two attached hydrogens (primary N) is 1. The van der Waals surface area contributed by atoms with Crippen LogP contribution in [0.3, 0.4) is 0 Å². The third kappa shape index (κ3) is 3.95. The normalized spacial score (nSPS) is 13.1. The minimum atomic E-state index is -4.47. The number of methoxy groups -OCH3 is 1. The second-order valence-corrected chi connectivity index (χ2v) is 5.67. The predicted molar refractivity (Wildman–Crippen MR) is 66.5 cm³/mol. The van der Waals surface area contributed by atoms with Gasteiger partial charge in [-0.05, 0) is 19.1 Å². The summed E-state index contributed by atoms with van der Waals surface area (Å²) in [6.45, 7) is 1.74. The lowest BCUT2D eigenvalue weighted by molar-refractivity contribution is 0.0900. The van der Waals surface area contributed by atoms with E-state index in [2.05, 4.69) is 5.32 Å². The number of ether oxygens (including phenoxy) is 1. The highest BCUT2D eigenvalue weighted by molar-refractivity contribution is 7.89. The fourth-order valence-electron chi connectivity index (χ4n) is 1.53. The zero-order chi connectivity index (χ0) is 15.5. The maximum atomic E-state index is 13.9. The number of benzene rings is 1. The first kappa shape index (κ1) is 16.5. The Morgan fingerprint density at radius 1 is 1.45 bits per heavy atom. The molecule has 1 amide bonds. The maximum Gasteiger partial charge on any atom is 0.254 e. The van der Waals surface area contributed by atoms with Crippen molar-refractivity contribution in [2.75, 3.05) is 13.7 Å². The van der Waals surface area contributed by atoms with Gasteiger partial charge in [-0.25, -0.2) is 22.3 Å². The van der Waals surface area contributed by atoms with Crippen LogP contribution in [0.1, 0.15) is 17.3 Å². The molecule has 0 aliphatic carbocycles. The summed E-state index contributed by atoms with van der Waals surface area (Å²) in [5.74, 6) is -3.44. The lowest BCUT2D eigenvalue weighted by Crippen LogP contribution is -2.36. The molecule has 3 N–H and O–H groups in total. The van der Waals surface area contributed by atoms with Crippen molar-refractivity contribution in [1.82, 2.24) is 5.32 Å².